The van der Waals surface area contributed by atoms with Crippen LogP contribution in [0.15, 0.2) is 0 Å². The molecule has 0 aromatic carbocycles. The van der Waals surface area contributed by atoms with Crippen molar-refractivity contribution in [3.05, 3.63) is 0 Å². The van der Waals surface area contributed by atoms with E-state index in [-0.39, 0.29) is 6.61 Å². The van der Waals surface area contributed by atoms with Crippen LogP contribution < -0.4 is 5.32 Å². The zero-order chi connectivity index (χ0) is 16.2. The molecule has 9 heteroatoms. The number of aliphatic hydroxyl groups excluding tert-OH is 2. The van der Waals surface area contributed by atoms with Crippen LogP contribution in [0.4, 0.5) is 0 Å². The Bertz CT molecular complexity index is 410. The Morgan fingerprint density at radius 2 is 1.76 bits per heavy atom. The monoisotopic (exact) mass is 305 g/mol. The molecule has 0 spiro atoms. The molecule has 9 nitrogen and oxygen atoms in total. The summed E-state index contributed by atoms with van der Waals surface area (Å²) in [6, 6.07) is -1.17. The van der Waals surface area contributed by atoms with Crippen molar-refractivity contribution in [3.8, 4) is 0 Å². The van der Waals surface area contributed by atoms with Crippen LogP contribution in [0.3, 0.4) is 0 Å². The Balaban J connectivity index is 2.86. The van der Waals surface area contributed by atoms with Crippen LogP contribution >= 0.6 is 0 Å². The summed E-state index contributed by atoms with van der Waals surface area (Å²) in [6.07, 6.45) is -5.19. The molecule has 120 valence electrons. The molecule has 0 unspecified atom stereocenters. The first kappa shape index (κ1) is 17.3. The molecular weight excluding hydrogens is 286 g/mol. The van der Waals surface area contributed by atoms with E-state index in [1.807, 2.05) is 0 Å². The van der Waals surface area contributed by atoms with E-state index >= 15 is 0 Å². The summed E-state index contributed by atoms with van der Waals surface area (Å²) in [7, 11) is 0. The van der Waals surface area contributed by atoms with Gasteiger partial charge in [-0.3, -0.25) is 14.4 Å². The van der Waals surface area contributed by atoms with Crippen LogP contribution in [-0.2, 0) is 28.6 Å². The summed E-state index contributed by atoms with van der Waals surface area (Å²) >= 11 is 0. The standard InChI is InChI=1S/C12H19NO8/c1-5(14)13-9-10(17)11(20-7(3)16)8(21-12(9)18)4-19-6(2)15/h8-12,17-18H,4H2,1-3H3,(H,13,14)/t8-,9-,10-,11-,12-/m1/s1. The SMILES string of the molecule is CC(=O)N[C@@H]1[C@@H](O)[C@H](OC(C)=O)[C@@H](COC(C)=O)O[C@H]1O. The molecule has 1 saturated heterocycles. The second kappa shape index (κ2) is 7.34. The van der Waals surface area contributed by atoms with E-state index in [2.05, 4.69) is 5.32 Å². The van der Waals surface area contributed by atoms with E-state index in [4.69, 9.17) is 14.2 Å². The second-order valence-corrected chi connectivity index (χ2v) is 4.66. The predicted octanol–water partition coefficient (Wildman–Crippen LogP) is -1.94. The smallest absolute Gasteiger partial charge is 0.303 e. The van der Waals surface area contributed by atoms with Gasteiger partial charge in [-0.05, 0) is 0 Å². The molecule has 1 heterocycles. The normalized spacial score (nSPS) is 32.1. The van der Waals surface area contributed by atoms with Gasteiger partial charge in [-0.1, -0.05) is 0 Å². The van der Waals surface area contributed by atoms with Gasteiger partial charge in [0.15, 0.2) is 12.4 Å². The first-order chi connectivity index (χ1) is 9.72. The van der Waals surface area contributed by atoms with E-state index in [9.17, 15) is 24.6 Å². The van der Waals surface area contributed by atoms with E-state index < -0.39 is 48.5 Å². The van der Waals surface area contributed by atoms with Crippen molar-refractivity contribution in [2.45, 2.75) is 51.4 Å². The van der Waals surface area contributed by atoms with Crippen molar-refractivity contribution in [1.82, 2.24) is 5.32 Å². The molecule has 1 fully saturated rings. The van der Waals surface area contributed by atoms with Gasteiger partial charge in [-0.15, -0.1) is 0 Å². The second-order valence-electron chi connectivity index (χ2n) is 4.66. The number of ether oxygens (including phenoxy) is 3. The van der Waals surface area contributed by atoms with E-state index in [0.717, 1.165) is 6.92 Å². The highest BCUT2D eigenvalue weighted by Crippen LogP contribution is 2.23. The predicted molar refractivity (Wildman–Crippen MR) is 66.7 cm³/mol. The van der Waals surface area contributed by atoms with Crippen LogP contribution in [0.5, 0.6) is 0 Å². The summed E-state index contributed by atoms with van der Waals surface area (Å²) in [5, 5.41) is 22.3. The third kappa shape index (κ3) is 4.96. The maximum absolute atomic E-state index is 11.1. The number of carbonyl (C=O) groups excluding carboxylic acids is 3. The van der Waals surface area contributed by atoms with Crippen molar-refractivity contribution in [2.24, 2.45) is 0 Å². The highest BCUT2D eigenvalue weighted by atomic mass is 16.7. The lowest BCUT2D eigenvalue weighted by Gasteiger charge is -2.41. The Hall–Kier alpha value is -1.71. The Morgan fingerprint density at radius 3 is 2.24 bits per heavy atom. The minimum absolute atomic E-state index is 0.311. The largest absolute Gasteiger partial charge is 0.463 e. The molecular formula is C12H19NO8. The van der Waals surface area contributed by atoms with Crippen molar-refractivity contribution < 1.29 is 38.8 Å². The van der Waals surface area contributed by atoms with Gasteiger partial charge < -0.3 is 29.7 Å². The first-order valence-electron chi connectivity index (χ1n) is 6.31. The fraction of sp³-hybridized carbons (Fsp3) is 0.750. The van der Waals surface area contributed by atoms with Gasteiger partial charge in [0.25, 0.3) is 0 Å². The number of aliphatic hydroxyl groups is 2. The quantitative estimate of drug-likeness (QED) is 0.511. The van der Waals surface area contributed by atoms with E-state index in [0.29, 0.717) is 0 Å². The number of esters is 2. The summed E-state index contributed by atoms with van der Waals surface area (Å²) in [5.74, 6) is -1.77. The van der Waals surface area contributed by atoms with Crippen molar-refractivity contribution in [3.63, 3.8) is 0 Å². The Morgan fingerprint density at radius 1 is 1.14 bits per heavy atom. The molecule has 0 aromatic rings. The molecule has 0 saturated carbocycles. The van der Waals surface area contributed by atoms with Gasteiger partial charge >= 0.3 is 11.9 Å². The number of carbonyl (C=O) groups is 3. The van der Waals surface area contributed by atoms with E-state index in [1.165, 1.54) is 13.8 Å². The topological polar surface area (TPSA) is 131 Å². The zero-order valence-corrected chi connectivity index (χ0v) is 11.9. The summed E-state index contributed by atoms with van der Waals surface area (Å²) in [6.45, 7) is 3.20. The van der Waals surface area contributed by atoms with Gasteiger partial charge in [0.05, 0.1) is 0 Å². The molecule has 0 radical (unpaired) electrons. The summed E-state index contributed by atoms with van der Waals surface area (Å²) in [4.78, 5) is 33.0. The lowest BCUT2D eigenvalue weighted by Crippen LogP contribution is -2.65. The minimum Gasteiger partial charge on any atom is -0.463 e. The molecule has 1 aliphatic rings. The Labute approximate surface area is 121 Å². The number of rotatable bonds is 4. The molecule has 5 atom stereocenters. The van der Waals surface area contributed by atoms with Crippen LogP contribution in [-0.4, -0.2) is 65.3 Å². The first-order valence-corrected chi connectivity index (χ1v) is 6.31. The lowest BCUT2D eigenvalue weighted by atomic mass is 9.96. The third-order valence-electron chi connectivity index (χ3n) is 2.82. The molecule has 3 N–H and O–H groups in total. The average Bonchev–Trinajstić information content (AvgIpc) is 2.35. The van der Waals surface area contributed by atoms with Gasteiger partial charge in [0.1, 0.15) is 24.9 Å². The highest BCUT2D eigenvalue weighted by molar-refractivity contribution is 5.73. The third-order valence-corrected chi connectivity index (χ3v) is 2.82. The van der Waals surface area contributed by atoms with Crippen molar-refractivity contribution in [2.75, 3.05) is 6.61 Å². The minimum atomic E-state index is -1.53. The van der Waals surface area contributed by atoms with Crippen LogP contribution in [0.1, 0.15) is 20.8 Å². The average molecular weight is 305 g/mol. The van der Waals surface area contributed by atoms with Gasteiger partial charge in [-0.25, -0.2) is 0 Å². The molecule has 0 aromatic heterocycles. The number of amides is 1. The number of hydrogen-bond acceptors (Lipinski definition) is 8. The molecule has 0 aliphatic carbocycles. The van der Waals surface area contributed by atoms with Crippen molar-refractivity contribution in [1.29, 1.82) is 0 Å². The summed E-state index contributed by atoms with van der Waals surface area (Å²) < 4.78 is 14.8. The van der Waals surface area contributed by atoms with Crippen LogP contribution in [0, 0.1) is 0 Å². The molecule has 1 aliphatic heterocycles. The number of hydrogen-bond donors (Lipinski definition) is 3. The summed E-state index contributed by atoms with van der Waals surface area (Å²) in [5.41, 5.74) is 0. The molecule has 1 rings (SSSR count). The Kier molecular flexibility index (Phi) is 6.06. The zero-order valence-electron chi connectivity index (χ0n) is 11.9. The molecule has 0 bridgehead atoms. The fourth-order valence-corrected chi connectivity index (χ4v) is 2.00. The highest BCUT2D eigenvalue weighted by Gasteiger charge is 2.47. The fourth-order valence-electron chi connectivity index (χ4n) is 2.00. The van der Waals surface area contributed by atoms with Crippen LogP contribution in [0.2, 0.25) is 0 Å². The van der Waals surface area contributed by atoms with E-state index in [1.54, 1.807) is 0 Å². The van der Waals surface area contributed by atoms with Crippen molar-refractivity contribution >= 4 is 17.8 Å². The van der Waals surface area contributed by atoms with Gasteiger partial charge in [0.2, 0.25) is 5.91 Å². The van der Waals surface area contributed by atoms with Gasteiger partial charge in [-0.2, -0.15) is 0 Å². The number of nitrogens with one attached hydrogen (secondary N) is 1. The lowest BCUT2D eigenvalue weighted by molar-refractivity contribution is -0.260. The maximum atomic E-state index is 11.1. The molecule has 1 amide bonds. The van der Waals surface area contributed by atoms with Gasteiger partial charge in [0, 0.05) is 20.8 Å². The van der Waals surface area contributed by atoms with Crippen LogP contribution in [0.25, 0.3) is 0 Å². The maximum Gasteiger partial charge on any atom is 0.303 e. The molecule has 21 heavy (non-hydrogen) atoms.